The topological polar surface area (TPSA) is 110 Å². The molecule has 8 heteroatoms. The van der Waals surface area contributed by atoms with E-state index in [2.05, 4.69) is 9.97 Å². The molecule has 0 saturated carbocycles. The van der Waals surface area contributed by atoms with E-state index in [-0.39, 0.29) is 32.1 Å². The fourth-order valence-electron chi connectivity index (χ4n) is 2.53. The van der Waals surface area contributed by atoms with Crippen molar-refractivity contribution < 1.29 is 19.8 Å². The predicted molar refractivity (Wildman–Crippen MR) is 73.6 cm³/mol. The van der Waals surface area contributed by atoms with Crippen molar-refractivity contribution in [3.8, 4) is 0 Å². The van der Waals surface area contributed by atoms with Crippen LogP contribution in [0.3, 0.4) is 0 Å². The van der Waals surface area contributed by atoms with E-state index in [0.29, 0.717) is 12.2 Å². The van der Waals surface area contributed by atoms with Crippen molar-refractivity contribution >= 4 is 12.0 Å². The molecule has 2 amide bonds. The van der Waals surface area contributed by atoms with E-state index in [1.54, 1.807) is 0 Å². The number of carboxylic acids is 1. The summed E-state index contributed by atoms with van der Waals surface area (Å²) < 4.78 is 0. The van der Waals surface area contributed by atoms with Crippen molar-refractivity contribution in [2.75, 3.05) is 19.7 Å². The normalized spacial score (nSPS) is 17.4. The van der Waals surface area contributed by atoms with Crippen LogP contribution in [-0.2, 0) is 17.8 Å². The minimum absolute atomic E-state index is 0.146. The number of hydrogen-bond acceptors (Lipinski definition) is 4. The van der Waals surface area contributed by atoms with Gasteiger partial charge in [0.05, 0.1) is 30.9 Å². The maximum Gasteiger partial charge on any atom is 0.326 e. The number of urea groups is 1. The van der Waals surface area contributed by atoms with Gasteiger partial charge in [-0.15, -0.1) is 0 Å². The first kappa shape index (κ1) is 15.3. The number of aromatic nitrogens is 2. The first-order valence-electron chi connectivity index (χ1n) is 6.98. The van der Waals surface area contributed by atoms with Gasteiger partial charge in [0.1, 0.15) is 6.04 Å². The summed E-state index contributed by atoms with van der Waals surface area (Å²) in [6.45, 7) is 2.66. The maximum atomic E-state index is 12.6. The molecule has 1 atom stereocenters. The number of H-pyrrole nitrogens is 1. The smallest absolute Gasteiger partial charge is 0.326 e. The Morgan fingerprint density at radius 3 is 2.90 bits per heavy atom. The minimum atomic E-state index is -1.04. The van der Waals surface area contributed by atoms with Crippen LogP contribution in [0, 0.1) is 0 Å². The van der Waals surface area contributed by atoms with E-state index >= 15 is 0 Å². The second-order valence-corrected chi connectivity index (χ2v) is 5.01. The molecule has 1 aromatic rings. The van der Waals surface area contributed by atoms with Crippen molar-refractivity contribution in [2.45, 2.75) is 32.4 Å². The summed E-state index contributed by atoms with van der Waals surface area (Å²) in [7, 11) is 0. The van der Waals surface area contributed by atoms with Gasteiger partial charge in [0.25, 0.3) is 0 Å². The zero-order valence-corrected chi connectivity index (χ0v) is 11.9. The molecule has 116 valence electrons. The third-order valence-electron chi connectivity index (χ3n) is 3.56. The van der Waals surface area contributed by atoms with Gasteiger partial charge >= 0.3 is 12.0 Å². The van der Waals surface area contributed by atoms with E-state index in [4.69, 9.17) is 5.11 Å². The van der Waals surface area contributed by atoms with Crippen LogP contribution in [0.4, 0.5) is 4.79 Å². The number of carboxylic acid groups (broad SMARTS) is 1. The van der Waals surface area contributed by atoms with Gasteiger partial charge in [0, 0.05) is 19.5 Å². The lowest BCUT2D eigenvalue weighted by Crippen LogP contribution is -2.54. The van der Waals surface area contributed by atoms with Crippen LogP contribution in [0.5, 0.6) is 0 Å². The molecule has 1 aromatic heterocycles. The van der Waals surface area contributed by atoms with Gasteiger partial charge < -0.3 is 25.0 Å². The van der Waals surface area contributed by atoms with E-state index in [1.807, 2.05) is 6.92 Å². The molecule has 2 heterocycles. The first-order chi connectivity index (χ1) is 10.1. The number of aromatic amines is 1. The lowest BCUT2D eigenvalue weighted by atomic mass is 10.0. The largest absolute Gasteiger partial charge is 0.480 e. The zero-order valence-electron chi connectivity index (χ0n) is 11.9. The number of carbonyl (C=O) groups is 2. The van der Waals surface area contributed by atoms with Crippen LogP contribution in [0.2, 0.25) is 0 Å². The lowest BCUT2D eigenvalue weighted by molar-refractivity contribution is -0.143. The lowest BCUT2D eigenvalue weighted by Gasteiger charge is -2.36. The molecule has 2 rings (SSSR count). The first-order valence-corrected chi connectivity index (χ1v) is 6.98. The van der Waals surface area contributed by atoms with Crippen molar-refractivity contribution in [1.29, 1.82) is 0 Å². The third kappa shape index (κ3) is 3.15. The van der Waals surface area contributed by atoms with Crippen molar-refractivity contribution in [2.24, 2.45) is 0 Å². The fourth-order valence-corrected chi connectivity index (χ4v) is 2.53. The highest BCUT2D eigenvalue weighted by Gasteiger charge is 2.37. The Balaban J connectivity index is 2.22. The van der Waals surface area contributed by atoms with Crippen LogP contribution in [-0.4, -0.2) is 67.7 Å². The number of aliphatic hydroxyl groups is 1. The average molecular weight is 296 g/mol. The number of amides is 2. The summed E-state index contributed by atoms with van der Waals surface area (Å²) in [5.74, 6) is -1.04. The number of fused-ring (bicyclic) bond motifs is 1. The van der Waals surface area contributed by atoms with Gasteiger partial charge in [-0.25, -0.2) is 14.6 Å². The average Bonchev–Trinajstić information content (AvgIpc) is 2.92. The summed E-state index contributed by atoms with van der Waals surface area (Å²) in [6.07, 6.45) is 2.45. The Bertz CT molecular complexity index is 510. The standard InChI is InChI=1S/C13H20N4O4/c1-2-3-16(4-5-18)13(21)17-7-10-9(14-8-15-10)6-11(17)12(19)20/h8,11,18H,2-7H2,1H3,(H,14,15)(H,19,20). The van der Waals surface area contributed by atoms with Crippen molar-refractivity contribution in [3.63, 3.8) is 0 Å². The van der Waals surface area contributed by atoms with Gasteiger partial charge in [-0.2, -0.15) is 0 Å². The molecule has 0 spiro atoms. The molecule has 1 unspecified atom stereocenters. The molecule has 21 heavy (non-hydrogen) atoms. The zero-order chi connectivity index (χ0) is 15.4. The Morgan fingerprint density at radius 2 is 2.29 bits per heavy atom. The molecule has 0 aliphatic carbocycles. The maximum absolute atomic E-state index is 12.6. The number of nitrogens with zero attached hydrogens (tertiary/aromatic N) is 3. The van der Waals surface area contributed by atoms with Crippen LogP contribution in [0.1, 0.15) is 24.7 Å². The van der Waals surface area contributed by atoms with Crippen LogP contribution >= 0.6 is 0 Å². The van der Waals surface area contributed by atoms with Gasteiger partial charge in [0.2, 0.25) is 0 Å². The van der Waals surface area contributed by atoms with Gasteiger partial charge in [-0.05, 0) is 6.42 Å². The van der Waals surface area contributed by atoms with E-state index < -0.39 is 12.0 Å². The predicted octanol–water partition coefficient (Wildman–Crippen LogP) is 0.0453. The van der Waals surface area contributed by atoms with Crippen LogP contribution in [0.25, 0.3) is 0 Å². The number of aliphatic carboxylic acids is 1. The SMILES string of the molecule is CCCN(CCO)C(=O)N1Cc2[nH]cnc2CC1C(=O)O. The molecular formula is C13H20N4O4. The Hall–Kier alpha value is -2.09. The summed E-state index contributed by atoms with van der Waals surface area (Å²) in [5, 5.41) is 18.4. The summed E-state index contributed by atoms with van der Waals surface area (Å²) in [5.41, 5.74) is 1.46. The van der Waals surface area contributed by atoms with Gasteiger partial charge in [0.15, 0.2) is 0 Å². The van der Waals surface area contributed by atoms with E-state index in [0.717, 1.165) is 12.1 Å². The molecule has 0 bridgehead atoms. The molecule has 1 aliphatic rings. The van der Waals surface area contributed by atoms with E-state index in [1.165, 1.54) is 16.1 Å². The molecule has 8 nitrogen and oxygen atoms in total. The number of imidazole rings is 1. The van der Waals surface area contributed by atoms with Crippen LogP contribution in [0.15, 0.2) is 6.33 Å². The number of aliphatic hydroxyl groups excluding tert-OH is 1. The number of hydrogen-bond donors (Lipinski definition) is 3. The van der Waals surface area contributed by atoms with Crippen molar-refractivity contribution in [3.05, 3.63) is 17.7 Å². The second kappa shape index (κ2) is 6.57. The number of carbonyl (C=O) groups excluding carboxylic acids is 1. The fraction of sp³-hybridized carbons (Fsp3) is 0.615. The molecule has 3 N–H and O–H groups in total. The highest BCUT2D eigenvalue weighted by molar-refractivity contribution is 5.83. The Kier molecular flexibility index (Phi) is 4.79. The minimum Gasteiger partial charge on any atom is -0.480 e. The second-order valence-electron chi connectivity index (χ2n) is 5.01. The molecule has 1 aliphatic heterocycles. The molecule has 0 aromatic carbocycles. The van der Waals surface area contributed by atoms with Crippen LogP contribution < -0.4 is 0 Å². The Labute approximate surface area is 122 Å². The molecule has 0 radical (unpaired) electrons. The highest BCUT2D eigenvalue weighted by atomic mass is 16.4. The highest BCUT2D eigenvalue weighted by Crippen LogP contribution is 2.22. The van der Waals surface area contributed by atoms with E-state index in [9.17, 15) is 14.7 Å². The molecule has 0 fully saturated rings. The summed E-state index contributed by atoms with van der Waals surface area (Å²) >= 11 is 0. The summed E-state index contributed by atoms with van der Waals surface area (Å²) in [6, 6.07) is -1.29. The van der Waals surface area contributed by atoms with Crippen molar-refractivity contribution in [1.82, 2.24) is 19.8 Å². The summed E-state index contributed by atoms with van der Waals surface area (Å²) in [4.78, 5) is 33.8. The molecular weight excluding hydrogens is 276 g/mol. The number of rotatable bonds is 5. The monoisotopic (exact) mass is 296 g/mol. The van der Waals surface area contributed by atoms with Gasteiger partial charge in [-0.3, -0.25) is 0 Å². The number of nitrogens with one attached hydrogen (secondary N) is 1. The molecule has 0 saturated heterocycles. The van der Waals surface area contributed by atoms with Gasteiger partial charge in [-0.1, -0.05) is 6.92 Å². The Morgan fingerprint density at radius 1 is 1.52 bits per heavy atom. The third-order valence-corrected chi connectivity index (χ3v) is 3.56. The quantitative estimate of drug-likeness (QED) is 0.711.